The Morgan fingerprint density at radius 2 is 1.44 bits per heavy atom. The summed E-state index contributed by atoms with van der Waals surface area (Å²) in [5.74, 6) is -0.196. The third-order valence-corrected chi connectivity index (χ3v) is 11.5. The third kappa shape index (κ3) is 3.49. The number of carbonyl (C=O) groups excluding carboxylic acids is 3. The lowest BCUT2D eigenvalue weighted by Gasteiger charge is -2.70. The molecule has 192 valence electrons. The molecular formula is C28H44O6. The number of ether oxygens (including phenoxy) is 2. The zero-order valence-corrected chi connectivity index (χ0v) is 22.1. The van der Waals surface area contributed by atoms with Crippen LogP contribution in [0.3, 0.4) is 0 Å². The first kappa shape index (κ1) is 25.7. The molecule has 0 heterocycles. The molecule has 4 aliphatic rings. The Kier molecular flexibility index (Phi) is 6.27. The number of aliphatic hydroxyl groups excluding tert-OH is 1. The van der Waals surface area contributed by atoms with Crippen LogP contribution < -0.4 is 0 Å². The summed E-state index contributed by atoms with van der Waals surface area (Å²) >= 11 is 0. The Balaban J connectivity index is 1.76. The van der Waals surface area contributed by atoms with Crippen molar-refractivity contribution in [2.45, 2.75) is 106 Å². The number of esters is 2. The maximum atomic E-state index is 12.8. The molecule has 34 heavy (non-hydrogen) atoms. The molecule has 0 saturated heterocycles. The predicted octanol–water partition coefficient (Wildman–Crippen LogP) is 4.71. The van der Waals surface area contributed by atoms with Gasteiger partial charge in [-0.1, -0.05) is 34.6 Å². The Bertz CT molecular complexity index is 865. The lowest BCUT2D eigenvalue weighted by atomic mass is 9.35. The molecule has 0 spiro atoms. The number of hydrogen-bond acceptors (Lipinski definition) is 6. The van der Waals surface area contributed by atoms with Gasteiger partial charge in [-0.2, -0.15) is 0 Å². The van der Waals surface area contributed by atoms with E-state index in [1.54, 1.807) is 0 Å². The van der Waals surface area contributed by atoms with Crippen LogP contribution in [0.5, 0.6) is 0 Å². The Labute approximate surface area is 204 Å². The molecule has 4 aliphatic carbocycles. The summed E-state index contributed by atoms with van der Waals surface area (Å²) in [5, 5.41) is 9.68. The van der Waals surface area contributed by atoms with Gasteiger partial charge in [0.05, 0.1) is 0 Å². The van der Waals surface area contributed by atoms with Crippen LogP contribution in [0.15, 0.2) is 0 Å². The van der Waals surface area contributed by atoms with E-state index < -0.39 is 6.61 Å². The Morgan fingerprint density at radius 3 is 2.03 bits per heavy atom. The summed E-state index contributed by atoms with van der Waals surface area (Å²) in [7, 11) is 0. The van der Waals surface area contributed by atoms with Gasteiger partial charge in [0.25, 0.3) is 0 Å². The second kappa shape index (κ2) is 8.31. The van der Waals surface area contributed by atoms with Crippen LogP contribution >= 0.6 is 0 Å². The van der Waals surface area contributed by atoms with Gasteiger partial charge in [0.1, 0.15) is 18.8 Å². The van der Waals surface area contributed by atoms with Crippen molar-refractivity contribution in [1.82, 2.24) is 0 Å². The van der Waals surface area contributed by atoms with Crippen LogP contribution in [0.25, 0.3) is 0 Å². The maximum absolute atomic E-state index is 12.8. The fraction of sp³-hybridized carbons (Fsp3) is 0.893. The Morgan fingerprint density at radius 1 is 0.824 bits per heavy atom. The number of ketones is 1. The molecule has 0 radical (unpaired) electrons. The largest absolute Gasteiger partial charge is 0.462 e. The van der Waals surface area contributed by atoms with Gasteiger partial charge < -0.3 is 14.6 Å². The molecule has 6 nitrogen and oxygen atoms in total. The standard InChI is InChI=1S/C28H44O6/c1-16(30)33-20-14-22-26(5)11-10-23(34-17(2)31)25(3,4)21(26)9-13-27(22,6)28(7)12-8-18(24(20)28)19(32)15-29/h18,20-24,29H,8-15H2,1-7H3/t18-,20-,21+,22?,23+,24?,26+,27-,28-/m1/s1. The highest BCUT2D eigenvalue weighted by Gasteiger charge is 2.71. The van der Waals surface area contributed by atoms with Crippen LogP contribution in [-0.4, -0.2) is 41.6 Å². The second-order valence-corrected chi connectivity index (χ2v) is 13.1. The zero-order valence-electron chi connectivity index (χ0n) is 22.1. The van der Waals surface area contributed by atoms with E-state index >= 15 is 0 Å². The molecule has 4 rings (SSSR count). The lowest BCUT2D eigenvalue weighted by Crippen LogP contribution is -2.66. The highest BCUT2D eigenvalue weighted by atomic mass is 16.5. The number of aliphatic hydroxyl groups is 1. The fourth-order valence-electron chi connectivity index (χ4n) is 9.92. The minimum absolute atomic E-state index is 0.00833. The van der Waals surface area contributed by atoms with Crippen LogP contribution in [0.2, 0.25) is 0 Å². The van der Waals surface area contributed by atoms with Gasteiger partial charge in [-0.3, -0.25) is 14.4 Å². The fourth-order valence-corrected chi connectivity index (χ4v) is 9.92. The first-order valence-corrected chi connectivity index (χ1v) is 13.2. The van der Waals surface area contributed by atoms with E-state index in [-0.39, 0.29) is 63.4 Å². The molecule has 1 N–H and O–H groups in total. The minimum Gasteiger partial charge on any atom is -0.462 e. The van der Waals surface area contributed by atoms with Crippen molar-refractivity contribution in [2.24, 2.45) is 45.3 Å². The topological polar surface area (TPSA) is 89.9 Å². The number of carbonyl (C=O) groups is 3. The van der Waals surface area contributed by atoms with Gasteiger partial charge in [0.15, 0.2) is 5.78 Å². The first-order valence-electron chi connectivity index (χ1n) is 13.2. The van der Waals surface area contributed by atoms with Crippen molar-refractivity contribution < 1.29 is 29.0 Å². The lowest BCUT2D eigenvalue weighted by molar-refractivity contribution is -0.247. The molecule has 0 aromatic rings. The van der Waals surface area contributed by atoms with Crippen molar-refractivity contribution in [3.63, 3.8) is 0 Å². The molecule has 6 heteroatoms. The van der Waals surface area contributed by atoms with Gasteiger partial charge in [0, 0.05) is 31.1 Å². The van der Waals surface area contributed by atoms with Crippen LogP contribution in [0.1, 0.15) is 93.4 Å². The van der Waals surface area contributed by atoms with Crippen LogP contribution in [0.4, 0.5) is 0 Å². The molecule has 0 aromatic heterocycles. The van der Waals surface area contributed by atoms with Gasteiger partial charge >= 0.3 is 11.9 Å². The summed E-state index contributed by atoms with van der Waals surface area (Å²) in [4.78, 5) is 36.8. The smallest absolute Gasteiger partial charge is 0.302 e. The summed E-state index contributed by atoms with van der Waals surface area (Å²) in [5.41, 5.74) is -0.247. The first-order chi connectivity index (χ1) is 15.7. The van der Waals surface area contributed by atoms with Gasteiger partial charge in [-0.15, -0.1) is 0 Å². The van der Waals surface area contributed by atoms with Crippen molar-refractivity contribution >= 4 is 17.7 Å². The van der Waals surface area contributed by atoms with E-state index in [2.05, 4.69) is 34.6 Å². The summed E-state index contributed by atoms with van der Waals surface area (Å²) < 4.78 is 11.8. The van der Waals surface area contributed by atoms with E-state index in [0.717, 1.165) is 44.9 Å². The van der Waals surface area contributed by atoms with Crippen molar-refractivity contribution in [3.8, 4) is 0 Å². The average Bonchev–Trinajstić information content (AvgIpc) is 3.10. The minimum atomic E-state index is -0.449. The maximum Gasteiger partial charge on any atom is 0.302 e. The van der Waals surface area contributed by atoms with Crippen molar-refractivity contribution in [3.05, 3.63) is 0 Å². The SMILES string of the molecule is CC(=O)O[C@H]1CC[C@]2(C)C3C[C@@H](OC(C)=O)C4[C@@H](C(=O)CO)CC[C@@]4(C)[C@]3(C)CC[C@H]2C1(C)C. The number of Topliss-reactive ketones (excluding diaryl/α,β-unsaturated/α-hetero) is 1. The van der Waals surface area contributed by atoms with E-state index in [4.69, 9.17) is 9.47 Å². The molecular weight excluding hydrogens is 432 g/mol. The molecule has 4 saturated carbocycles. The molecule has 0 aliphatic heterocycles. The van der Waals surface area contributed by atoms with E-state index in [9.17, 15) is 19.5 Å². The third-order valence-electron chi connectivity index (χ3n) is 11.5. The monoisotopic (exact) mass is 476 g/mol. The van der Waals surface area contributed by atoms with Crippen molar-refractivity contribution in [2.75, 3.05) is 6.61 Å². The summed E-state index contributed by atoms with van der Waals surface area (Å²) in [6, 6.07) is 0. The number of rotatable bonds is 4. The van der Waals surface area contributed by atoms with E-state index in [1.165, 1.54) is 13.8 Å². The van der Waals surface area contributed by atoms with Gasteiger partial charge in [-0.05, 0) is 73.0 Å². The highest BCUT2D eigenvalue weighted by Crippen LogP contribution is 2.75. The summed E-state index contributed by atoms with van der Waals surface area (Å²) in [6.45, 7) is 14.2. The van der Waals surface area contributed by atoms with Crippen molar-refractivity contribution in [1.29, 1.82) is 0 Å². The van der Waals surface area contributed by atoms with Crippen LogP contribution in [-0.2, 0) is 23.9 Å². The molecule has 0 bridgehead atoms. The van der Waals surface area contributed by atoms with E-state index in [0.29, 0.717) is 11.8 Å². The predicted molar refractivity (Wildman–Crippen MR) is 128 cm³/mol. The van der Waals surface area contributed by atoms with E-state index in [1.807, 2.05) is 0 Å². The zero-order chi connectivity index (χ0) is 25.3. The molecule has 2 unspecified atom stereocenters. The van der Waals surface area contributed by atoms with Gasteiger partial charge in [0.2, 0.25) is 0 Å². The number of hydrogen-bond donors (Lipinski definition) is 1. The molecule has 0 amide bonds. The molecule has 0 aromatic carbocycles. The second-order valence-electron chi connectivity index (χ2n) is 13.1. The molecule has 9 atom stereocenters. The Hall–Kier alpha value is -1.43. The summed E-state index contributed by atoms with van der Waals surface area (Å²) in [6.07, 6.45) is 5.96. The number of fused-ring (bicyclic) bond motifs is 5. The molecule has 4 fully saturated rings. The van der Waals surface area contributed by atoms with Crippen LogP contribution in [0, 0.1) is 45.3 Å². The normalized spacial score (nSPS) is 47.1. The quantitative estimate of drug-likeness (QED) is 0.591. The highest BCUT2D eigenvalue weighted by molar-refractivity contribution is 5.83. The average molecular weight is 477 g/mol. The van der Waals surface area contributed by atoms with Gasteiger partial charge in [-0.25, -0.2) is 0 Å².